The lowest BCUT2D eigenvalue weighted by atomic mass is 9.96. The highest BCUT2D eigenvalue weighted by Gasteiger charge is 2.26. The maximum absolute atomic E-state index is 5.99. The lowest BCUT2D eigenvalue weighted by Crippen LogP contribution is -2.34. The van der Waals surface area contributed by atoms with Crippen molar-refractivity contribution in [1.29, 1.82) is 0 Å². The molecule has 26 heavy (non-hydrogen) atoms. The van der Waals surface area contributed by atoms with Crippen LogP contribution in [0.5, 0.6) is 0 Å². The predicted molar refractivity (Wildman–Crippen MR) is 101 cm³/mol. The van der Waals surface area contributed by atoms with Gasteiger partial charge in [0, 0.05) is 43.5 Å². The van der Waals surface area contributed by atoms with Gasteiger partial charge in [-0.15, -0.1) is 10.2 Å². The van der Waals surface area contributed by atoms with Crippen LogP contribution >= 0.6 is 11.6 Å². The van der Waals surface area contributed by atoms with Gasteiger partial charge in [-0.05, 0) is 37.1 Å². The number of hydrogen-bond acceptors (Lipinski definition) is 4. The number of aromatic nitrogens is 5. The number of nitrogens with zero attached hydrogens (tertiary/aromatic N) is 6. The molecule has 0 bridgehead atoms. The third-order valence-electron chi connectivity index (χ3n) is 5.07. The van der Waals surface area contributed by atoms with Crippen molar-refractivity contribution in [2.75, 3.05) is 13.1 Å². The first-order valence-corrected chi connectivity index (χ1v) is 9.37. The largest absolute Gasteiger partial charge is 0.330 e. The van der Waals surface area contributed by atoms with E-state index < -0.39 is 0 Å². The minimum absolute atomic E-state index is 0.421. The smallest absolute Gasteiger partial charge is 0.152 e. The molecule has 0 spiro atoms. The van der Waals surface area contributed by atoms with Crippen LogP contribution in [0.2, 0.25) is 5.02 Å². The molecule has 0 unspecified atom stereocenters. The molecule has 0 radical (unpaired) electrons. The molecule has 1 aliphatic rings. The number of hydrogen-bond donors (Lipinski definition) is 0. The van der Waals surface area contributed by atoms with Crippen molar-refractivity contribution >= 4 is 11.6 Å². The van der Waals surface area contributed by atoms with Gasteiger partial charge in [-0.25, -0.2) is 4.98 Å². The zero-order valence-electron chi connectivity index (χ0n) is 14.9. The molecule has 0 amide bonds. The van der Waals surface area contributed by atoms with Gasteiger partial charge in [0.2, 0.25) is 0 Å². The van der Waals surface area contributed by atoms with Crippen molar-refractivity contribution in [3.63, 3.8) is 0 Å². The Labute approximate surface area is 158 Å². The van der Waals surface area contributed by atoms with Gasteiger partial charge in [0.1, 0.15) is 5.82 Å². The molecule has 1 saturated heterocycles. The van der Waals surface area contributed by atoms with E-state index in [1.165, 1.54) is 12.0 Å². The van der Waals surface area contributed by atoms with Crippen LogP contribution in [0.15, 0.2) is 43.0 Å². The van der Waals surface area contributed by atoms with Gasteiger partial charge in [-0.2, -0.15) is 0 Å². The molecule has 4 rings (SSSR count). The van der Waals surface area contributed by atoms with Crippen LogP contribution in [0, 0.1) is 0 Å². The normalized spacial score (nSPS) is 18.3. The maximum Gasteiger partial charge on any atom is 0.152 e. The van der Waals surface area contributed by atoms with E-state index in [4.69, 9.17) is 11.6 Å². The first-order chi connectivity index (χ1) is 12.7. The Morgan fingerprint density at radius 3 is 2.77 bits per heavy atom. The van der Waals surface area contributed by atoms with Gasteiger partial charge in [-0.3, -0.25) is 4.90 Å². The summed E-state index contributed by atoms with van der Waals surface area (Å²) < 4.78 is 4.16. The molecule has 1 fully saturated rings. The number of rotatable bonds is 5. The molecule has 3 aromatic rings. The topological polar surface area (TPSA) is 51.8 Å². The van der Waals surface area contributed by atoms with Crippen LogP contribution in [0.4, 0.5) is 0 Å². The summed E-state index contributed by atoms with van der Waals surface area (Å²) in [4.78, 5) is 6.59. The Morgan fingerprint density at radius 2 is 2.00 bits per heavy atom. The van der Waals surface area contributed by atoms with Crippen molar-refractivity contribution in [1.82, 2.24) is 29.2 Å². The Bertz CT molecular complexity index is 840. The van der Waals surface area contributed by atoms with Crippen molar-refractivity contribution in [2.24, 2.45) is 7.05 Å². The summed E-state index contributed by atoms with van der Waals surface area (Å²) in [5.41, 5.74) is 1.30. The van der Waals surface area contributed by atoms with E-state index >= 15 is 0 Å². The maximum atomic E-state index is 5.99. The number of likely N-dealkylation sites (tertiary alicyclic amines) is 1. The fraction of sp³-hybridized carbons (Fsp3) is 0.421. The van der Waals surface area contributed by atoms with E-state index in [0.717, 1.165) is 42.7 Å². The van der Waals surface area contributed by atoms with Crippen LogP contribution < -0.4 is 0 Å². The summed E-state index contributed by atoms with van der Waals surface area (Å²) in [6.07, 6.45) is 7.88. The van der Waals surface area contributed by atoms with E-state index in [1.54, 1.807) is 6.20 Å². The second-order valence-corrected chi connectivity index (χ2v) is 7.41. The van der Waals surface area contributed by atoms with Gasteiger partial charge in [-0.1, -0.05) is 23.7 Å². The van der Waals surface area contributed by atoms with E-state index in [-0.39, 0.29) is 0 Å². The molecule has 1 atom stereocenters. The van der Waals surface area contributed by atoms with E-state index in [9.17, 15) is 0 Å². The Balaban J connectivity index is 1.44. The Kier molecular flexibility index (Phi) is 5.04. The SMILES string of the molecule is Cn1c(Cn2ccnc2)nnc1[C@@H]1CCCN(Cc2ccc(Cl)cc2)C1. The number of piperidine rings is 1. The molecule has 136 valence electrons. The molecule has 7 heteroatoms. The van der Waals surface area contributed by atoms with Gasteiger partial charge in [0.05, 0.1) is 12.9 Å². The minimum Gasteiger partial charge on any atom is -0.330 e. The van der Waals surface area contributed by atoms with Gasteiger partial charge >= 0.3 is 0 Å². The summed E-state index contributed by atoms with van der Waals surface area (Å²) in [7, 11) is 2.07. The third-order valence-corrected chi connectivity index (χ3v) is 5.32. The Hall–Kier alpha value is -2.18. The lowest BCUT2D eigenvalue weighted by molar-refractivity contribution is 0.195. The molecule has 6 nitrogen and oxygen atoms in total. The molecule has 0 saturated carbocycles. The molecule has 0 N–H and O–H groups in total. The van der Waals surface area contributed by atoms with E-state index in [1.807, 2.05) is 29.2 Å². The third kappa shape index (κ3) is 3.81. The average Bonchev–Trinajstić information content (AvgIpc) is 3.28. The van der Waals surface area contributed by atoms with Crippen LogP contribution in [-0.4, -0.2) is 42.3 Å². The highest BCUT2D eigenvalue weighted by molar-refractivity contribution is 6.30. The van der Waals surface area contributed by atoms with E-state index in [0.29, 0.717) is 12.5 Å². The van der Waals surface area contributed by atoms with Gasteiger partial charge < -0.3 is 9.13 Å². The first-order valence-electron chi connectivity index (χ1n) is 9.00. The highest BCUT2D eigenvalue weighted by Crippen LogP contribution is 2.27. The van der Waals surface area contributed by atoms with Gasteiger partial charge in [0.25, 0.3) is 0 Å². The predicted octanol–water partition coefficient (Wildman–Crippen LogP) is 3.09. The molecule has 2 aromatic heterocycles. The molecular formula is C19H23ClN6. The van der Waals surface area contributed by atoms with Crippen molar-refractivity contribution in [2.45, 2.75) is 31.8 Å². The number of halogens is 1. The lowest BCUT2D eigenvalue weighted by Gasteiger charge is -2.32. The monoisotopic (exact) mass is 370 g/mol. The van der Waals surface area contributed by atoms with Crippen molar-refractivity contribution < 1.29 is 0 Å². The standard InChI is InChI=1S/C19H23ClN6/c1-24-18(13-26-10-8-21-14-26)22-23-19(24)16-3-2-9-25(12-16)11-15-4-6-17(20)7-5-15/h4-8,10,14,16H,2-3,9,11-13H2,1H3/t16-/m1/s1. The van der Waals surface area contributed by atoms with Crippen LogP contribution in [0.25, 0.3) is 0 Å². The zero-order valence-corrected chi connectivity index (χ0v) is 15.7. The second kappa shape index (κ2) is 7.60. The first kappa shape index (κ1) is 17.2. The van der Waals surface area contributed by atoms with Crippen LogP contribution in [-0.2, 0) is 20.1 Å². The number of imidazole rings is 1. The zero-order chi connectivity index (χ0) is 17.9. The quantitative estimate of drug-likeness (QED) is 0.692. The highest BCUT2D eigenvalue weighted by atomic mass is 35.5. The summed E-state index contributed by atoms with van der Waals surface area (Å²) in [6, 6.07) is 8.14. The van der Waals surface area contributed by atoms with Crippen molar-refractivity contribution in [3.8, 4) is 0 Å². The van der Waals surface area contributed by atoms with Crippen LogP contribution in [0.1, 0.15) is 36.0 Å². The molecular weight excluding hydrogens is 348 g/mol. The second-order valence-electron chi connectivity index (χ2n) is 6.97. The molecule has 0 aliphatic carbocycles. The van der Waals surface area contributed by atoms with Gasteiger partial charge in [0.15, 0.2) is 5.82 Å². The molecule has 1 aromatic carbocycles. The molecule has 3 heterocycles. The fourth-order valence-electron chi connectivity index (χ4n) is 3.67. The van der Waals surface area contributed by atoms with Crippen molar-refractivity contribution in [3.05, 3.63) is 65.2 Å². The van der Waals surface area contributed by atoms with Crippen LogP contribution in [0.3, 0.4) is 0 Å². The summed E-state index contributed by atoms with van der Waals surface area (Å²) >= 11 is 5.99. The Morgan fingerprint density at radius 1 is 1.15 bits per heavy atom. The minimum atomic E-state index is 0.421. The summed E-state index contributed by atoms with van der Waals surface area (Å²) in [6.45, 7) is 3.79. The number of benzene rings is 1. The molecule has 1 aliphatic heterocycles. The average molecular weight is 371 g/mol. The van der Waals surface area contributed by atoms with E-state index in [2.05, 4.69) is 43.8 Å². The fourth-order valence-corrected chi connectivity index (χ4v) is 3.80. The summed E-state index contributed by atoms with van der Waals surface area (Å²) in [5, 5.41) is 9.71. The summed E-state index contributed by atoms with van der Waals surface area (Å²) in [5.74, 6) is 2.47.